The van der Waals surface area contributed by atoms with Gasteiger partial charge in [0, 0.05) is 11.3 Å². The van der Waals surface area contributed by atoms with E-state index in [2.05, 4.69) is 4.98 Å². The number of rotatable bonds is 3. The lowest BCUT2D eigenvalue weighted by Gasteiger charge is -2.02. The molecule has 96 valence electrons. The van der Waals surface area contributed by atoms with Crippen molar-refractivity contribution in [2.45, 2.75) is 6.42 Å². The smallest absolute Gasteiger partial charge is 0.210 e. The first-order valence-electron chi connectivity index (χ1n) is 5.27. The molecule has 3 nitrogen and oxygen atoms in total. The maximum absolute atomic E-state index is 12.2. The third-order valence-electron chi connectivity index (χ3n) is 2.50. The largest absolute Gasteiger partial charge is 0.354 e. The van der Waals surface area contributed by atoms with E-state index in [1.54, 1.807) is 18.2 Å². The molecule has 0 saturated heterocycles. The van der Waals surface area contributed by atoms with Gasteiger partial charge in [0.25, 0.3) is 0 Å². The van der Waals surface area contributed by atoms with E-state index >= 15 is 0 Å². The van der Waals surface area contributed by atoms with E-state index in [0.29, 0.717) is 21.3 Å². The van der Waals surface area contributed by atoms with E-state index in [1.165, 1.54) is 6.07 Å². The summed E-state index contributed by atoms with van der Waals surface area (Å²) in [6.45, 7) is 0. The van der Waals surface area contributed by atoms with Crippen molar-refractivity contribution >= 4 is 40.6 Å². The van der Waals surface area contributed by atoms with Gasteiger partial charge in [0.15, 0.2) is 0 Å². The molecular weight excluding hydrogens is 307 g/mol. The third kappa shape index (κ3) is 2.93. The maximum atomic E-state index is 12.2. The monoisotopic (exact) mass is 312 g/mol. The highest BCUT2D eigenvalue weighted by atomic mass is 35.5. The zero-order chi connectivity index (χ0) is 14.0. The Hall–Kier alpha value is -1.47. The molecule has 0 atom stereocenters. The summed E-state index contributed by atoms with van der Waals surface area (Å²) in [5.74, 6) is -0.298. The molecule has 2 rings (SSSR count). The Labute approximate surface area is 124 Å². The summed E-state index contributed by atoms with van der Waals surface area (Å²) in [4.78, 5) is 15.1. The molecular formula is C13H7Cl3N2O. The van der Waals surface area contributed by atoms with E-state index in [0.717, 1.165) is 0 Å². The van der Waals surface area contributed by atoms with Crippen LogP contribution in [0.1, 0.15) is 21.7 Å². The van der Waals surface area contributed by atoms with E-state index in [1.807, 2.05) is 6.07 Å². The van der Waals surface area contributed by atoms with Crippen molar-refractivity contribution in [3.63, 3.8) is 0 Å². The normalized spacial score (nSPS) is 10.2. The molecule has 0 radical (unpaired) electrons. The van der Waals surface area contributed by atoms with Crippen molar-refractivity contribution in [2.75, 3.05) is 0 Å². The third-order valence-corrected chi connectivity index (χ3v) is 3.54. The van der Waals surface area contributed by atoms with Crippen LogP contribution in [-0.4, -0.2) is 10.8 Å². The van der Waals surface area contributed by atoms with E-state index in [-0.39, 0.29) is 22.9 Å². The molecule has 0 bridgehead atoms. The van der Waals surface area contributed by atoms with Crippen LogP contribution in [-0.2, 0) is 6.42 Å². The Kier molecular flexibility index (Phi) is 4.16. The number of carbonyl (C=O) groups excluding carboxylic acids is 1. The number of benzene rings is 1. The molecule has 1 aromatic carbocycles. The van der Waals surface area contributed by atoms with Crippen LogP contribution >= 0.6 is 34.8 Å². The van der Waals surface area contributed by atoms with E-state index in [4.69, 9.17) is 40.1 Å². The lowest BCUT2D eigenvalue weighted by molar-refractivity contribution is 0.103. The Morgan fingerprint density at radius 1 is 1.16 bits per heavy atom. The molecule has 0 spiro atoms. The molecule has 0 unspecified atom stereocenters. The van der Waals surface area contributed by atoms with Crippen LogP contribution in [0.3, 0.4) is 0 Å². The Morgan fingerprint density at radius 2 is 1.89 bits per heavy atom. The molecule has 1 aromatic heterocycles. The number of nitrogens with one attached hydrogen (secondary N) is 1. The number of hydrogen-bond acceptors (Lipinski definition) is 2. The van der Waals surface area contributed by atoms with Gasteiger partial charge in [0.1, 0.15) is 5.69 Å². The molecule has 1 N–H and O–H groups in total. The average Bonchev–Trinajstić information content (AvgIpc) is 2.73. The summed E-state index contributed by atoms with van der Waals surface area (Å²) in [5, 5.41) is 9.57. The Morgan fingerprint density at radius 3 is 2.53 bits per heavy atom. The van der Waals surface area contributed by atoms with Crippen LogP contribution in [0.5, 0.6) is 0 Å². The number of halogens is 3. The maximum Gasteiger partial charge on any atom is 0.210 e. The highest BCUT2D eigenvalue weighted by Gasteiger charge is 2.17. The van der Waals surface area contributed by atoms with Crippen molar-refractivity contribution in [3.8, 4) is 6.07 Å². The zero-order valence-electron chi connectivity index (χ0n) is 9.51. The van der Waals surface area contributed by atoms with Crippen LogP contribution in [0.25, 0.3) is 0 Å². The van der Waals surface area contributed by atoms with Crippen molar-refractivity contribution in [2.24, 2.45) is 0 Å². The number of nitrogens with zero attached hydrogens (tertiary/aromatic N) is 1. The number of carbonyl (C=O) groups is 1. The predicted octanol–water partition coefficient (Wildman–Crippen LogP) is 4.27. The van der Waals surface area contributed by atoms with Gasteiger partial charge in [-0.2, -0.15) is 5.26 Å². The first-order valence-corrected chi connectivity index (χ1v) is 6.40. The number of nitriles is 1. The number of ketones is 1. The van der Waals surface area contributed by atoms with Gasteiger partial charge in [-0.1, -0.05) is 34.8 Å². The van der Waals surface area contributed by atoms with Gasteiger partial charge in [-0.05, 0) is 24.3 Å². The first-order chi connectivity index (χ1) is 9.02. The quantitative estimate of drug-likeness (QED) is 0.860. The number of aromatic nitrogens is 1. The molecule has 0 aliphatic rings. The van der Waals surface area contributed by atoms with Crippen molar-refractivity contribution in [3.05, 3.63) is 56.3 Å². The first kappa shape index (κ1) is 14.0. The van der Waals surface area contributed by atoms with Gasteiger partial charge in [-0.3, -0.25) is 4.79 Å². The lowest BCUT2D eigenvalue weighted by Crippen LogP contribution is -2.02. The molecule has 2 aromatic rings. The molecule has 19 heavy (non-hydrogen) atoms. The van der Waals surface area contributed by atoms with E-state index in [9.17, 15) is 4.79 Å². The lowest BCUT2D eigenvalue weighted by atomic mass is 10.1. The molecule has 0 aliphatic heterocycles. The second-order valence-electron chi connectivity index (χ2n) is 3.81. The second kappa shape index (κ2) is 5.66. The molecule has 0 saturated carbocycles. The minimum atomic E-state index is -0.298. The fraction of sp³-hybridized carbons (Fsp3) is 0.0769. The van der Waals surface area contributed by atoms with Crippen molar-refractivity contribution < 1.29 is 4.79 Å². The average molecular weight is 314 g/mol. The summed E-state index contributed by atoms with van der Waals surface area (Å²) in [6.07, 6.45) is 0.161. The number of aromatic amines is 1. The van der Waals surface area contributed by atoms with E-state index < -0.39 is 0 Å². The topological polar surface area (TPSA) is 56.6 Å². The van der Waals surface area contributed by atoms with Crippen LogP contribution in [0.4, 0.5) is 0 Å². The van der Waals surface area contributed by atoms with Gasteiger partial charge in [0.05, 0.1) is 27.6 Å². The van der Waals surface area contributed by atoms with Gasteiger partial charge in [0.2, 0.25) is 5.78 Å². The van der Waals surface area contributed by atoms with Crippen LogP contribution in [0, 0.1) is 11.3 Å². The van der Waals surface area contributed by atoms with Gasteiger partial charge >= 0.3 is 0 Å². The predicted molar refractivity (Wildman–Crippen MR) is 75.0 cm³/mol. The van der Waals surface area contributed by atoms with Gasteiger partial charge < -0.3 is 4.98 Å². The fourth-order valence-electron chi connectivity index (χ4n) is 1.61. The summed E-state index contributed by atoms with van der Waals surface area (Å²) < 4.78 is 0. The molecule has 1 heterocycles. The molecule has 6 heteroatoms. The summed E-state index contributed by atoms with van der Waals surface area (Å²) >= 11 is 17.6. The van der Waals surface area contributed by atoms with Crippen LogP contribution in [0.15, 0.2) is 24.3 Å². The summed E-state index contributed by atoms with van der Waals surface area (Å²) in [5.41, 5.74) is 1.21. The minimum Gasteiger partial charge on any atom is -0.354 e. The fourth-order valence-corrected chi connectivity index (χ4v) is 2.17. The molecule has 0 amide bonds. The van der Waals surface area contributed by atoms with Crippen molar-refractivity contribution in [1.29, 1.82) is 5.26 Å². The van der Waals surface area contributed by atoms with Gasteiger partial charge in [-0.15, -0.1) is 0 Å². The highest BCUT2D eigenvalue weighted by molar-refractivity contribution is 6.42. The SMILES string of the molecule is N#CCc1cc(Cl)c(C(=O)c2ccc(Cl)c(Cl)c2)[nH]1. The summed E-state index contributed by atoms with van der Waals surface area (Å²) in [7, 11) is 0. The zero-order valence-corrected chi connectivity index (χ0v) is 11.8. The number of H-pyrrole nitrogens is 1. The van der Waals surface area contributed by atoms with Crippen LogP contribution in [0.2, 0.25) is 15.1 Å². The molecule has 0 aliphatic carbocycles. The Balaban J connectivity index is 2.38. The number of hydrogen-bond donors (Lipinski definition) is 1. The second-order valence-corrected chi connectivity index (χ2v) is 5.03. The standard InChI is InChI=1S/C13H7Cl3N2O/c14-9-2-1-7(5-10(9)15)13(19)12-11(16)6-8(18-12)3-4-17/h1-2,5-6,18H,3H2. The van der Waals surface area contributed by atoms with Gasteiger partial charge in [-0.25, -0.2) is 0 Å². The van der Waals surface area contributed by atoms with Crippen molar-refractivity contribution in [1.82, 2.24) is 4.98 Å². The van der Waals surface area contributed by atoms with Crippen LogP contribution < -0.4 is 0 Å². The molecule has 0 fully saturated rings. The minimum absolute atomic E-state index is 0.161. The Bertz CT molecular complexity index is 686. The highest BCUT2D eigenvalue weighted by Crippen LogP contribution is 2.26. The summed E-state index contributed by atoms with van der Waals surface area (Å²) in [6, 6.07) is 8.14.